The van der Waals surface area contributed by atoms with Gasteiger partial charge in [0.2, 0.25) is 0 Å². The van der Waals surface area contributed by atoms with E-state index in [1.807, 2.05) is 67.6 Å². The molecule has 4 heteroatoms. The van der Waals surface area contributed by atoms with E-state index >= 15 is 0 Å². The molecule has 0 amide bonds. The lowest BCUT2D eigenvalue weighted by Gasteiger charge is -2.03. The number of nitrogens with one attached hydrogen (secondary N) is 1. The van der Waals surface area contributed by atoms with Gasteiger partial charge >= 0.3 is 5.97 Å². The Bertz CT molecular complexity index is 777. The number of nitrogens with zero attached hydrogens (tertiary/aromatic N) is 1. The summed E-state index contributed by atoms with van der Waals surface area (Å²) in [5.41, 5.74) is 4.92. The number of aromatic nitrogens is 2. The van der Waals surface area contributed by atoms with Gasteiger partial charge in [-0.25, -0.2) is 0 Å². The van der Waals surface area contributed by atoms with E-state index in [4.69, 9.17) is 4.74 Å². The van der Waals surface area contributed by atoms with Crippen LogP contribution in [0, 0.1) is 0 Å². The normalized spacial score (nSPS) is 10.5. The van der Waals surface area contributed by atoms with Gasteiger partial charge in [-0.2, -0.15) is 5.10 Å². The van der Waals surface area contributed by atoms with Crippen LogP contribution in [0.1, 0.15) is 12.5 Å². The number of carbonyl (C=O) groups is 1. The van der Waals surface area contributed by atoms with Gasteiger partial charge in [0.1, 0.15) is 0 Å². The predicted molar refractivity (Wildman–Crippen MR) is 89.8 cm³/mol. The first-order chi connectivity index (χ1) is 11.3. The second-order valence-electron chi connectivity index (χ2n) is 5.21. The van der Waals surface area contributed by atoms with Crippen LogP contribution in [0.2, 0.25) is 0 Å². The predicted octanol–water partition coefficient (Wildman–Crippen LogP) is 3.85. The third kappa shape index (κ3) is 3.66. The SMILES string of the molecule is CCOC(=O)Cc1ccc(-c2cc(-c3ccccc3)n[nH]2)cc1. The molecule has 0 bridgehead atoms. The van der Waals surface area contributed by atoms with E-state index in [9.17, 15) is 4.79 Å². The molecule has 0 aliphatic rings. The van der Waals surface area contributed by atoms with Crippen molar-refractivity contribution < 1.29 is 9.53 Å². The van der Waals surface area contributed by atoms with E-state index < -0.39 is 0 Å². The van der Waals surface area contributed by atoms with Crippen LogP contribution in [-0.2, 0) is 16.0 Å². The minimum absolute atomic E-state index is 0.201. The Morgan fingerprint density at radius 1 is 1.04 bits per heavy atom. The summed E-state index contributed by atoms with van der Waals surface area (Å²) < 4.78 is 4.96. The molecule has 1 aromatic heterocycles. The Balaban J connectivity index is 1.75. The average Bonchev–Trinajstić information content (AvgIpc) is 3.07. The van der Waals surface area contributed by atoms with Crippen LogP contribution in [0.4, 0.5) is 0 Å². The molecule has 0 aliphatic heterocycles. The number of rotatable bonds is 5. The molecule has 2 aromatic carbocycles. The third-order valence-corrected chi connectivity index (χ3v) is 3.57. The summed E-state index contributed by atoms with van der Waals surface area (Å²) in [6.45, 7) is 2.22. The van der Waals surface area contributed by atoms with Crippen LogP contribution in [0.5, 0.6) is 0 Å². The number of esters is 1. The van der Waals surface area contributed by atoms with Crippen LogP contribution in [0.25, 0.3) is 22.5 Å². The van der Waals surface area contributed by atoms with Crippen molar-refractivity contribution in [3.8, 4) is 22.5 Å². The van der Waals surface area contributed by atoms with Crippen molar-refractivity contribution in [2.75, 3.05) is 6.61 Å². The van der Waals surface area contributed by atoms with Gasteiger partial charge in [0.25, 0.3) is 0 Å². The van der Waals surface area contributed by atoms with E-state index in [1.54, 1.807) is 0 Å². The molecule has 4 nitrogen and oxygen atoms in total. The molecule has 3 aromatic rings. The number of ether oxygens (including phenoxy) is 1. The first kappa shape index (κ1) is 15.0. The van der Waals surface area contributed by atoms with Crippen LogP contribution in [-0.4, -0.2) is 22.8 Å². The van der Waals surface area contributed by atoms with Crippen molar-refractivity contribution in [2.24, 2.45) is 0 Å². The van der Waals surface area contributed by atoms with Gasteiger partial charge in [0, 0.05) is 5.56 Å². The minimum Gasteiger partial charge on any atom is -0.466 e. The maximum atomic E-state index is 11.5. The Hall–Kier alpha value is -2.88. The van der Waals surface area contributed by atoms with Gasteiger partial charge in [-0.3, -0.25) is 9.89 Å². The zero-order chi connectivity index (χ0) is 16.1. The number of hydrogen-bond donors (Lipinski definition) is 1. The second kappa shape index (κ2) is 6.92. The van der Waals surface area contributed by atoms with E-state index in [1.165, 1.54) is 0 Å². The Labute approximate surface area is 135 Å². The van der Waals surface area contributed by atoms with Crippen LogP contribution in [0.15, 0.2) is 60.7 Å². The molecule has 0 spiro atoms. The summed E-state index contributed by atoms with van der Waals surface area (Å²) in [5.74, 6) is -0.201. The topological polar surface area (TPSA) is 55.0 Å². The van der Waals surface area contributed by atoms with Gasteiger partial charge in [-0.1, -0.05) is 54.6 Å². The highest BCUT2D eigenvalue weighted by Gasteiger charge is 2.07. The Kier molecular flexibility index (Phi) is 4.52. The maximum Gasteiger partial charge on any atom is 0.310 e. The summed E-state index contributed by atoms with van der Waals surface area (Å²) >= 11 is 0. The van der Waals surface area contributed by atoms with Crippen LogP contribution < -0.4 is 0 Å². The maximum absolute atomic E-state index is 11.5. The quantitative estimate of drug-likeness (QED) is 0.728. The van der Waals surface area contributed by atoms with Gasteiger partial charge in [0.05, 0.1) is 24.4 Å². The fraction of sp³-hybridized carbons (Fsp3) is 0.158. The van der Waals surface area contributed by atoms with Gasteiger partial charge in [0.15, 0.2) is 0 Å². The number of carbonyl (C=O) groups excluding carboxylic acids is 1. The molecular weight excluding hydrogens is 288 g/mol. The third-order valence-electron chi connectivity index (χ3n) is 3.57. The standard InChI is InChI=1S/C19H18N2O2/c1-2-23-19(22)12-14-8-10-16(11-9-14)18-13-17(20-21-18)15-6-4-3-5-7-15/h3-11,13H,2,12H2,1H3,(H,20,21). The van der Waals surface area contributed by atoms with E-state index in [2.05, 4.69) is 10.2 Å². The van der Waals surface area contributed by atoms with Gasteiger partial charge < -0.3 is 4.74 Å². The van der Waals surface area contributed by atoms with Crippen molar-refractivity contribution in [1.82, 2.24) is 10.2 Å². The summed E-state index contributed by atoms with van der Waals surface area (Å²) in [5, 5.41) is 7.42. The summed E-state index contributed by atoms with van der Waals surface area (Å²) in [6.07, 6.45) is 0.298. The molecule has 0 aliphatic carbocycles. The molecule has 0 atom stereocenters. The van der Waals surface area contributed by atoms with Crippen LogP contribution in [0.3, 0.4) is 0 Å². The zero-order valence-corrected chi connectivity index (χ0v) is 13.0. The monoisotopic (exact) mass is 306 g/mol. The largest absolute Gasteiger partial charge is 0.466 e. The van der Waals surface area contributed by atoms with E-state index in [-0.39, 0.29) is 5.97 Å². The summed E-state index contributed by atoms with van der Waals surface area (Å²) in [4.78, 5) is 11.5. The van der Waals surface area contributed by atoms with Crippen molar-refractivity contribution in [3.05, 3.63) is 66.2 Å². The molecule has 23 heavy (non-hydrogen) atoms. The molecule has 116 valence electrons. The number of H-pyrrole nitrogens is 1. The number of hydrogen-bond acceptors (Lipinski definition) is 3. The summed E-state index contributed by atoms with van der Waals surface area (Å²) in [7, 11) is 0. The molecule has 0 saturated carbocycles. The fourth-order valence-electron chi connectivity index (χ4n) is 2.41. The molecule has 0 radical (unpaired) electrons. The minimum atomic E-state index is -0.201. The molecule has 0 fully saturated rings. The fourth-order valence-corrected chi connectivity index (χ4v) is 2.41. The molecule has 3 rings (SSSR count). The van der Waals surface area contributed by atoms with Crippen LogP contribution >= 0.6 is 0 Å². The van der Waals surface area contributed by atoms with E-state index in [0.717, 1.165) is 28.1 Å². The molecule has 1 N–H and O–H groups in total. The zero-order valence-electron chi connectivity index (χ0n) is 13.0. The summed E-state index contributed by atoms with van der Waals surface area (Å²) in [6, 6.07) is 19.9. The highest BCUT2D eigenvalue weighted by atomic mass is 16.5. The Morgan fingerprint density at radius 2 is 1.78 bits per heavy atom. The highest BCUT2D eigenvalue weighted by Crippen LogP contribution is 2.23. The van der Waals surface area contributed by atoms with Gasteiger partial charge in [-0.05, 0) is 24.1 Å². The number of aromatic amines is 1. The van der Waals surface area contributed by atoms with Crippen molar-refractivity contribution in [1.29, 1.82) is 0 Å². The highest BCUT2D eigenvalue weighted by molar-refractivity contribution is 5.73. The Morgan fingerprint density at radius 3 is 2.48 bits per heavy atom. The lowest BCUT2D eigenvalue weighted by Crippen LogP contribution is -2.07. The smallest absolute Gasteiger partial charge is 0.310 e. The molecule has 0 unspecified atom stereocenters. The lowest BCUT2D eigenvalue weighted by atomic mass is 10.1. The molecule has 1 heterocycles. The van der Waals surface area contributed by atoms with Gasteiger partial charge in [-0.15, -0.1) is 0 Å². The first-order valence-electron chi connectivity index (χ1n) is 7.62. The molecule has 0 saturated heterocycles. The van der Waals surface area contributed by atoms with Crippen molar-refractivity contribution in [2.45, 2.75) is 13.3 Å². The lowest BCUT2D eigenvalue weighted by molar-refractivity contribution is -0.142. The van der Waals surface area contributed by atoms with E-state index in [0.29, 0.717) is 13.0 Å². The van der Waals surface area contributed by atoms with Crippen molar-refractivity contribution >= 4 is 5.97 Å². The molecular formula is C19H18N2O2. The first-order valence-corrected chi connectivity index (χ1v) is 7.62. The second-order valence-corrected chi connectivity index (χ2v) is 5.21. The van der Waals surface area contributed by atoms with Crippen molar-refractivity contribution in [3.63, 3.8) is 0 Å². The number of benzene rings is 2. The average molecular weight is 306 g/mol.